The highest BCUT2D eigenvalue weighted by molar-refractivity contribution is 7.98. The predicted octanol–water partition coefficient (Wildman–Crippen LogP) is 6.08. The second-order valence-corrected chi connectivity index (χ2v) is 17.4. The lowest BCUT2D eigenvalue weighted by Crippen LogP contribution is -2.42. The second-order valence-electron chi connectivity index (χ2n) is 8.64. The molecule has 0 bridgehead atoms. The van der Waals surface area contributed by atoms with Gasteiger partial charge in [-0.15, -0.1) is 0 Å². The molecule has 4 aromatic rings. The van der Waals surface area contributed by atoms with Crippen LogP contribution in [0, 0.1) is 0 Å². The van der Waals surface area contributed by atoms with Gasteiger partial charge in [-0.2, -0.15) is 0 Å². The Morgan fingerprint density at radius 3 is 1.07 bits per heavy atom. The predicted molar refractivity (Wildman–Crippen MR) is 139 cm³/mol. The van der Waals surface area contributed by atoms with E-state index in [0.29, 0.717) is 0 Å². The molecule has 0 fully saturated rings. The first-order valence-corrected chi connectivity index (χ1v) is 15.8. The van der Waals surface area contributed by atoms with E-state index in [2.05, 4.69) is 141 Å². The molecule has 0 radical (unpaired) electrons. The summed E-state index contributed by atoms with van der Waals surface area (Å²) in [5.41, 5.74) is 1.39. The van der Waals surface area contributed by atoms with Crippen molar-refractivity contribution in [2.45, 2.75) is 19.6 Å². The minimum Gasteiger partial charge on any atom is -0.0655 e. The van der Waals surface area contributed by atoms with E-state index in [1.807, 2.05) is 0 Å². The Balaban J connectivity index is 2.33. The van der Waals surface area contributed by atoms with Crippen LogP contribution in [0.3, 0.4) is 0 Å². The molecule has 0 nitrogen and oxygen atoms in total. The third kappa shape index (κ3) is 3.76. The summed E-state index contributed by atoms with van der Waals surface area (Å²) < 4.78 is 0. The van der Waals surface area contributed by atoms with Gasteiger partial charge in [-0.1, -0.05) is 141 Å². The summed E-state index contributed by atoms with van der Waals surface area (Å²) in [5.74, 6) is 0. The summed E-state index contributed by atoms with van der Waals surface area (Å²) in [6.45, 7) is 5.47. The highest BCUT2D eigenvalue weighted by Gasteiger charge is 2.36. The summed E-state index contributed by atoms with van der Waals surface area (Å²) >= 11 is 0. The van der Waals surface area contributed by atoms with E-state index in [1.165, 1.54) is 21.5 Å². The zero-order valence-electron chi connectivity index (χ0n) is 18.0. The molecular formula is C28H29PSi. The molecule has 0 N–H and O–H groups in total. The molecule has 0 heterocycles. The van der Waals surface area contributed by atoms with Crippen LogP contribution in [0.1, 0.15) is 5.56 Å². The number of benzene rings is 4. The monoisotopic (exact) mass is 424 g/mol. The van der Waals surface area contributed by atoms with Crippen LogP contribution in [0.4, 0.5) is 0 Å². The Hall–Kier alpha value is -2.60. The Bertz CT molecular complexity index is 1040. The maximum absolute atomic E-state index is 2.50. The van der Waals surface area contributed by atoms with Gasteiger partial charge in [0.2, 0.25) is 0 Å². The van der Waals surface area contributed by atoms with E-state index in [9.17, 15) is 0 Å². The van der Waals surface area contributed by atoms with Gasteiger partial charge in [0.05, 0.1) is 8.07 Å². The summed E-state index contributed by atoms with van der Waals surface area (Å²) in [7, 11) is -1.75. The zero-order valence-corrected chi connectivity index (χ0v) is 19.9. The van der Waals surface area contributed by atoms with E-state index in [1.54, 1.807) is 4.92 Å². The molecule has 0 aliphatic heterocycles. The quantitative estimate of drug-likeness (QED) is 0.269. The van der Waals surface area contributed by atoms with Crippen LogP contribution < -0.4 is 15.9 Å². The first-order chi connectivity index (χ1) is 14.5. The average molecular weight is 425 g/mol. The van der Waals surface area contributed by atoms with Crippen LogP contribution in [-0.4, -0.2) is 13.0 Å². The number of rotatable bonds is 5. The highest BCUT2D eigenvalue weighted by Crippen LogP contribution is 2.49. The summed E-state index contributed by atoms with van der Waals surface area (Å²) in [5, 5.41) is 4.30. The molecule has 0 atom stereocenters. The summed E-state index contributed by atoms with van der Waals surface area (Å²) in [6.07, 6.45) is 0. The van der Waals surface area contributed by atoms with E-state index in [0.717, 1.165) is 0 Å². The fourth-order valence-corrected chi connectivity index (χ4v) is 14.8. The first-order valence-electron chi connectivity index (χ1n) is 10.5. The molecule has 0 unspecified atom stereocenters. The van der Waals surface area contributed by atoms with E-state index >= 15 is 0 Å². The molecule has 0 aromatic heterocycles. The first kappa shape index (κ1) is 20.7. The van der Waals surface area contributed by atoms with Crippen LogP contribution >= 0.6 is 6.89 Å². The molecule has 4 aromatic carbocycles. The fraction of sp³-hybridized carbons (Fsp3) is 0.107. The van der Waals surface area contributed by atoms with Gasteiger partial charge in [-0.25, -0.2) is 0 Å². The SMILES string of the molecule is C[Si](C)(C)C(c1ccccc1)=P(c1ccccc1)(c1ccccc1)c1ccccc1. The van der Waals surface area contributed by atoms with Crippen molar-refractivity contribution >= 4 is 35.8 Å². The standard InChI is InChI=1S/C28H29PSi/c1-30(2,3)28(24-16-8-4-9-17-24)29(25-18-10-5-11-19-25,26-20-12-6-13-21-26)27-22-14-7-15-23-27/h4-23H,1-3H3. The lowest BCUT2D eigenvalue weighted by molar-refractivity contribution is 1.66. The van der Waals surface area contributed by atoms with Gasteiger partial charge in [0.25, 0.3) is 0 Å². The maximum Gasteiger partial charge on any atom is 0.0797 e. The van der Waals surface area contributed by atoms with Gasteiger partial charge in [0, 0.05) is 0 Å². The van der Waals surface area contributed by atoms with Crippen molar-refractivity contribution in [1.29, 1.82) is 0 Å². The Morgan fingerprint density at radius 1 is 0.467 bits per heavy atom. The molecule has 0 saturated carbocycles. The molecule has 4 rings (SSSR count). The molecule has 0 saturated heterocycles. The van der Waals surface area contributed by atoms with E-state index in [4.69, 9.17) is 0 Å². The van der Waals surface area contributed by atoms with Crippen LogP contribution in [0.5, 0.6) is 0 Å². The third-order valence-corrected chi connectivity index (χ3v) is 14.4. The minimum atomic E-state index is -2.03. The second kappa shape index (κ2) is 8.64. The van der Waals surface area contributed by atoms with Gasteiger partial charge in [0.1, 0.15) is 0 Å². The Kier molecular flexibility index (Phi) is 5.95. The van der Waals surface area contributed by atoms with Crippen molar-refractivity contribution in [3.8, 4) is 0 Å². The molecule has 0 aliphatic carbocycles. The zero-order chi connectivity index (χ0) is 21.0. The maximum atomic E-state index is 2.50. The van der Waals surface area contributed by atoms with Gasteiger partial charge in [-0.05, 0) is 33.3 Å². The Morgan fingerprint density at radius 2 is 0.767 bits per heavy atom. The summed E-state index contributed by atoms with van der Waals surface area (Å²) in [6, 6.07) is 44.8. The number of hydrogen-bond donors (Lipinski definition) is 0. The van der Waals surface area contributed by atoms with Crippen molar-refractivity contribution in [2.75, 3.05) is 0 Å². The van der Waals surface area contributed by atoms with Crippen molar-refractivity contribution in [3.63, 3.8) is 0 Å². The molecule has 30 heavy (non-hydrogen) atoms. The van der Waals surface area contributed by atoms with E-state index < -0.39 is 15.0 Å². The van der Waals surface area contributed by atoms with Crippen LogP contribution in [0.15, 0.2) is 121 Å². The number of hydrogen-bond acceptors (Lipinski definition) is 0. The lowest BCUT2D eigenvalue weighted by atomic mass is 10.2. The molecule has 0 aliphatic rings. The van der Waals surface area contributed by atoms with Crippen molar-refractivity contribution in [2.24, 2.45) is 0 Å². The van der Waals surface area contributed by atoms with E-state index in [-0.39, 0.29) is 0 Å². The highest BCUT2D eigenvalue weighted by atomic mass is 31.2. The third-order valence-electron chi connectivity index (χ3n) is 5.52. The van der Waals surface area contributed by atoms with Crippen LogP contribution in [0.2, 0.25) is 19.6 Å². The van der Waals surface area contributed by atoms with Crippen molar-refractivity contribution < 1.29 is 0 Å². The normalized spacial score (nSPS) is 11.8. The summed E-state index contributed by atoms with van der Waals surface area (Å²) in [4.78, 5) is 1.65. The minimum absolute atomic E-state index is 1.39. The lowest BCUT2D eigenvalue weighted by Gasteiger charge is -2.38. The van der Waals surface area contributed by atoms with Gasteiger partial charge in [-0.3, -0.25) is 0 Å². The van der Waals surface area contributed by atoms with Crippen molar-refractivity contribution in [3.05, 3.63) is 127 Å². The van der Waals surface area contributed by atoms with Crippen molar-refractivity contribution in [1.82, 2.24) is 0 Å². The fourth-order valence-electron chi connectivity index (χ4n) is 4.52. The molecule has 150 valence electrons. The largest absolute Gasteiger partial charge is 0.0797 e. The van der Waals surface area contributed by atoms with Gasteiger partial charge in [0.15, 0.2) is 0 Å². The topological polar surface area (TPSA) is 0 Å². The Labute approximate surface area is 182 Å². The smallest absolute Gasteiger partial charge is 0.0655 e. The van der Waals surface area contributed by atoms with Gasteiger partial charge >= 0.3 is 0 Å². The molecule has 2 heteroatoms. The van der Waals surface area contributed by atoms with Crippen LogP contribution in [0.25, 0.3) is 0 Å². The van der Waals surface area contributed by atoms with Gasteiger partial charge < -0.3 is 0 Å². The van der Waals surface area contributed by atoms with Crippen LogP contribution in [-0.2, 0) is 0 Å². The average Bonchev–Trinajstić information content (AvgIpc) is 2.79. The molecular weight excluding hydrogens is 395 g/mol. The molecule has 0 spiro atoms. The molecule has 0 amide bonds.